The Morgan fingerprint density at radius 2 is 1.93 bits per heavy atom. The highest BCUT2D eigenvalue weighted by Gasteiger charge is 2.01. The molecule has 0 atom stereocenters. The molecule has 0 aliphatic rings. The van der Waals surface area contributed by atoms with Crippen molar-refractivity contribution in [3.63, 3.8) is 0 Å². The number of amides is 1. The van der Waals surface area contributed by atoms with Crippen LogP contribution in [0.1, 0.15) is 39.0 Å². The maximum absolute atomic E-state index is 11.0. The molecule has 0 unspecified atom stereocenters. The smallest absolute Gasteiger partial charge is 0.322 e. The van der Waals surface area contributed by atoms with Gasteiger partial charge in [-0.15, -0.1) is 0 Å². The van der Waals surface area contributed by atoms with Crippen molar-refractivity contribution >= 4 is 11.9 Å². The van der Waals surface area contributed by atoms with Gasteiger partial charge in [-0.2, -0.15) is 0 Å². The lowest BCUT2D eigenvalue weighted by atomic mass is 10.2. The third kappa shape index (κ3) is 10.6. The Labute approximate surface area is 90.4 Å². The molecule has 0 radical (unpaired) electrons. The number of unbranched alkanes of at least 4 members (excludes halogenated alkanes) is 2. The number of aliphatic carboxylic acids is 1. The Hall–Kier alpha value is -1.32. The molecule has 0 bridgehead atoms. The Bertz CT molecular complexity index is 224. The molecule has 0 saturated carbocycles. The summed E-state index contributed by atoms with van der Waals surface area (Å²) in [6.07, 6.45) is 8.42. The summed E-state index contributed by atoms with van der Waals surface area (Å²) in [6.45, 7) is 1.83. The molecule has 0 saturated heterocycles. The van der Waals surface area contributed by atoms with Crippen LogP contribution in [0.4, 0.5) is 0 Å². The van der Waals surface area contributed by atoms with E-state index in [-0.39, 0.29) is 12.5 Å². The van der Waals surface area contributed by atoms with Gasteiger partial charge in [-0.3, -0.25) is 9.59 Å². The van der Waals surface area contributed by atoms with Crippen LogP contribution < -0.4 is 5.32 Å². The lowest BCUT2D eigenvalue weighted by Crippen LogP contribution is -2.28. The number of hydrogen-bond acceptors (Lipinski definition) is 2. The van der Waals surface area contributed by atoms with Crippen molar-refractivity contribution in [1.82, 2.24) is 5.32 Å². The number of carboxylic acid groups (broad SMARTS) is 1. The lowest BCUT2D eigenvalue weighted by molar-refractivity contribution is -0.137. The summed E-state index contributed by atoms with van der Waals surface area (Å²) in [4.78, 5) is 21.2. The summed E-state index contributed by atoms with van der Waals surface area (Å²) in [5.41, 5.74) is 0. The maximum atomic E-state index is 11.0. The number of allylic oxidation sites excluding steroid dienone is 2. The predicted octanol–water partition coefficient (Wildman–Crippen LogP) is 1.71. The van der Waals surface area contributed by atoms with E-state index in [2.05, 4.69) is 24.4 Å². The van der Waals surface area contributed by atoms with E-state index in [1.165, 1.54) is 0 Å². The number of carbonyl (C=O) groups excluding carboxylic acids is 1. The molecular formula is C11H19NO3. The zero-order valence-electron chi connectivity index (χ0n) is 9.16. The Morgan fingerprint density at radius 1 is 1.27 bits per heavy atom. The number of nitrogens with one attached hydrogen (secondary N) is 1. The van der Waals surface area contributed by atoms with Gasteiger partial charge in [0.1, 0.15) is 6.54 Å². The Kier molecular flexibility index (Phi) is 8.43. The van der Waals surface area contributed by atoms with Crippen LogP contribution in [0.2, 0.25) is 0 Å². The van der Waals surface area contributed by atoms with Crippen LogP contribution in [0.25, 0.3) is 0 Å². The molecule has 0 fully saturated rings. The molecule has 0 spiro atoms. The summed E-state index contributed by atoms with van der Waals surface area (Å²) in [7, 11) is 0. The maximum Gasteiger partial charge on any atom is 0.322 e. The van der Waals surface area contributed by atoms with Crippen molar-refractivity contribution in [3.05, 3.63) is 12.2 Å². The fourth-order valence-corrected chi connectivity index (χ4v) is 1.05. The minimum Gasteiger partial charge on any atom is -0.480 e. The minimum absolute atomic E-state index is 0.193. The standard InChI is InChI=1S/C11H19NO3/c1-2-3-4-5-6-7-8-10(13)12-9-11(14)15/h4-5H,2-3,6-9H2,1H3,(H,12,13)(H,14,15)/b5-4+. The topological polar surface area (TPSA) is 66.4 Å². The van der Waals surface area contributed by atoms with E-state index >= 15 is 0 Å². The molecule has 0 heterocycles. The summed E-state index contributed by atoms with van der Waals surface area (Å²) >= 11 is 0. The van der Waals surface area contributed by atoms with Gasteiger partial charge < -0.3 is 10.4 Å². The fraction of sp³-hybridized carbons (Fsp3) is 0.636. The van der Waals surface area contributed by atoms with Crippen LogP contribution in [0, 0.1) is 0 Å². The molecule has 1 amide bonds. The molecule has 2 N–H and O–H groups in total. The van der Waals surface area contributed by atoms with Crippen molar-refractivity contribution in [3.8, 4) is 0 Å². The van der Waals surface area contributed by atoms with E-state index in [1.807, 2.05) is 0 Å². The largest absolute Gasteiger partial charge is 0.480 e. The second-order valence-corrected chi connectivity index (χ2v) is 3.32. The molecular weight excluding hydrogens is 194 g/mol. The van der Waals surface area contributed by atoms with Crippen LogP contribution in [-0.4, -0.2) is 23.5 Å². The molecule has 4 heteroatoms. The molecule has 0 aliphatic heterocycles. The van der Waals surface area contributed by atoms with Gasteiger partial charge >= 0.3 is 5.97 Å². The van der Waals surface area contributed by atoms with Crippen LogP contribution in [-0.2, 0) is 9.59 Å². The molecule has 0 aromatic heterocycles. The van der Waals surface area contributed by atoms with Crippen molar-refractivity contribution in [1.29, 1.82) is 0 Å². The first-order chi connectivity index (χ1) is 7.16. The van der Waals surface area contributed by atoms with E-state index < -0.39 is 5.97 Å². The lowest BCUT2D eigenvalue weighted by Gasteiger charge is -2.00. The monoisotopic (exact) mass is 213 g/mol. The van der Waals surface area contributed by atoms with E-state index in [0.29, 0.717) is 6.42 Å². The van der Waals surface area contributed by atoms with Crippen molar-refractivity contribution in [2.24, 2.45) is 0 Å². The third-order valence-corrected chi connectivity index (χ3v) is 1.83. The predicted molar refractivity (Wildman–Crippen MR) is 58.5 cm³/mol. The van der Waals surface area contributed by atoms with Gasteiger partial charge in [-0.25, -0.2) is 0 Å². The highest BCUT2D eigenvalue weighted by atomic mass is 16.4. The van der Waals surface area contributed by atoms with Gasteiger partial charge in [-0.1, -0.05) is 25.5 Å². The molecule has 0 rings (SSSR count). The first-order valence-corrected chi connectivity index (χ1v) is 5.30. The van der Waals surface area contributed by atoms with E-state index in [9.17, 15) is 9.59 Å². The van der Waals surface area contributed by atoms with Gasteiger partial charge in [0.05, 0.1) is 0 Å². The molecule has 0 aromatic rings. The van der Waals surface area contributed by atoms with Crippen LogP contribution in [0.15, 0.2) is 12.2 Å². The van der Waals surface area contributed by atoms with E-state index in [4.69, 9.17) is 5.11 Å². The number of carboxylic acids is 1. The highest BCUT2D eigenvalue weighted by molar-refractivity contribution is 5.80. The van der Waals surface area contributed by atoms with Crippen molar-refractivity contribution < 1.29 is 14.7 Å². The van der Waals surface area contributed by atoms with Gasteiger partial charge in [0, 0.05) is 6.42 Å². The summed E-state index contributed by atoms with van der Waals surface area (Å²) in [6, 6.07) is 0. The Balaban J connectivity index is 3.35. The van der Waals surface area contributed by atoms with Crippen LogP contribution in [0.5, 0.6) is 0 Å². The molecule has 4 nitrogen and oxygen atoms in total. The molecule has 15 heavy (non-hydrogen) atoms. The van der Waals surface area contributed by atoms with Gasteiger partial charge in [0.2, 0.25) is 5.91 Å². The number of rotatable bonds is 8. The van der Waals surface area contributed by atoms with Crippen LogP contribution in [0.3, 0.4) is 0 Å². The second-order valence-electron chi connectivity index (χ2n) is 3.32. The Morgan fingerprint density at radius 3 is 2.53 bits per heavy atom. The summed E-state index contributed by atoms with van der Waals surface area (Å²) < 4.78 is 0. The van der Waals surface area contributed by atoms with Crippen molar-refractivity contribution in [2.45, 2.75) is 39.0 Å². The third-order valence-electron chi connectivity index (χ3n) is 1.83. The van der Waals surface area contributed by atoms with Crippen LogP contribution >= 0.6 is 0 Å². The highest BCUT2D eigenvalue weighted by Crippen LogP contribution is 1.98. The summed E-state index contributed by atoms with van der Waals surface area (Å²) in [5.74, 6) is -1.20. The average Bonchev–Trinajstić information content (AvgIpc) is 2.20. The molecule has 0 aromatic carbocycles. The minimum atomic E-state index is -1.01. The molecule has 0 aliphatic carbocycles. The zero-order valence-corrected chi connectivity index (χ0v) is 9.16. The van der Waals surface area contributed by atoms with Gasteiger partial charge in [0.15, 0.2) is 0 Å². The van der Waals surface area contributed by atoms with E-state index in [0.717, 1.165) is 25.7 Å². The zero-order chi connectivity index (χ0) is 11.5. The molecule has 86 valence electrons. The SMILES string of the molecule is CCC/C=C/CCCC(=O)NCC(=O)O. The van der Waals surface area contributed by atoms with Gasteiger partial charge in [-0.05, 0) is 19.3 Å². The second kappa shape index (κ2) is 9.24. The normalized spacial score (nSPS) is 10.5. The number of hydrogen-bond donors (Lipinski definition) is 2. The van der Waals surface area contributed by atoms with E-state index in [1.54, 1.807) is 0 Å². The summed E-state index contributed by atoms with van der Waals surface area (Å²) in [5, 5.41) is 10.6. The first-order valence-electron chi connectivity index (χ1n) is 5.30. The van der Waals surface area contributed by atoms with Gasteiger partial charge in [0.25, 0.3) is 0 Å². The first kappa shape index (κ1) is 13.7. The average molecular weight is 213 g/mol. The fourth-order valence-electron chi connectivity index (χ4n) is 1.05. The quantitative estimate of drug-likeness (QED) is 0.476. The van der Waals surface area contributed by atoms with Crippen molar-refractivity contribution in [2.75, 3.05) is 6.54 Å². The number of carbonyl (C=O) groups is 2.